The molecule has 0 aliphatic carbocycles. The summed E-state index contributed by atoms with van der Waals surface area (Å²) >= 11 is 0. The van der Waals surface area contributed by atoms with E-state index in [9.17, 15) is 9.90 Å². The largest absolute Gasteiger partial charge is 0.496 e. The number of carbonyl (C=O) groups excluding carboxylic acids is 2. The van der Waals surface area contributed by atoms with Crippen LogP contribution in [-0.4, -0.2) is 56.1 Å². The number of nitrogens with two attached hydrogens (primary N) is 2. The quantitative estimate of drug-likeness (QED) is 0.324. The van der Waals surface area contributed by atoms with Crippen molar-refractivity contribution in [1.82, 2.24) is 10.2 Å². The number of β-amino-alcohol motifs (C(OH)–C–C–N with tert-alkyl or cyclic N) is 1. The van der Waals surface area contributed by atoms with Gasteiger partial charge >= 0.3 is 0 Å². The number of terminal acetylenes is 1. The van der Waals surface area contributed by atoms with Crippen molar-refractivity contribution < 1.29 is 19.4 Å². The topological polar surface area (TPSA) is 131 Å². The van der Waals surface area contributed by atoms with Gasteiger partial charge < -0.3 is 24.9 Å². The fraction of sp³-hybridized carbons (Fsp3) is 0.545. The molecule has 1 atom stereocenters. The van der Waals surface area contributed by atoms with Crippen LogP contribution in [-0.2, 0) is 16.1 Å². The standard InChI is InChI=1S/C11H13NO.C10H19NO2.CH2O.H4N2/c1-4-9-5-6-10(8-12-2)11(7-9)13-3;1-10(2,3)6-9(13)11-5-4-8(12)7-11;2*1-2/h1,5-7,12H,8H2,2-3H3;8,12H,4-7H2,1-3H3;1H2;1-2H2. The first-order chi connectivity index (χ1) is 14.2. The maximum atomic E-state index is 11.6. The van der Waals surface area contributed by atoms with E-state index >= 15 is 0 Å². The fourth-order valence-electron chi connectivity index (χ4n) is 2.70. The molecule has 0 radical (unpaired) electrons. The maximum absolute atomic E-state index is 11.6. The number of ether oxygens (including phenoxy) is 1. The van der Waals surface area contributed by atoms with Gasteiger partial charge in [0, 0.05) is 37.2 Å². The van der Waals surface area contributed by atoms with E-state index < -0.39 is 0 Å². The Balaban J connectivity index is 0. The Bertz CT molecular complexity index is 654. The molecule has 0 bridgehead atoms. The van der Waals surface area contributed by atoms with Crippen molar-refractivity contribution in [3.63, 3.8) is 0 Å². The van der Waals surface area contributed by atoms with Gasteiger partial charge in [0.1, 0.15) is 12.5 Å². The van der Waals surface area contributed by atoms with Gasteiger partial charge in [-0.25, -0.2) is 0 Å². The molecule has 1 heterocycles. The SMILES string of the molecule is C#Cc1ccc(CNC)c(OC)c1.C=O.CC(C)(C)CC(=O)N1CCC(O)C1.NN. The van der Waals surface area contributed by atoms with Gasteiger partial charge in [0.15, 0.2) is 0 Å². The lowest BCUT2D eigenvalue weighted by atomic mass is 9.92. The van der Waals surface area contributed by atoms with E-state index in [4.69, 9.17) is 16.0 Å². The third kappa shape index (κ3) is 12.2. The summed E-state index contributed by atoms with van der Waals surface area (Å²) in [6, 6.07) is 5.76. The Morgan fingerprint density at radius 3 is 2.40 bits per heavy atom. The molecule has 1 aliphatic heterocycles. The Morgan fingerprint density at radius 2 is 2.00 bits per heavy atom. The van der Waals surface area contributed by atoms with Crippen LogP contribution >= 0.6 is 0 Å². The highest BCUT2D eigenvalue weighted by Crippen LogP contribution is 2.21. The summed E-state index contributed by atoms with van der Waals surface area (Å²) in [4.78, 5) is 21.4. The molecule has 6 N–H and O–H groups in total. The van der Waals surface area contributed by atoms with E-state index in [1.165, 1.54) is 0 Å². The van der Waals surface area contributed by atoms with Crippen LogP contribution in [0.3, 0.4) is 0 Å². The van der Waals surface area contributed by atoms with E-state index in [-0.39, 0.29) is 17.4 Å². The van der Waals surface area contributed by atoms with Crippen molar-refractivity contribution in [2.45, 2.75) is 46.3 Å². The van der Waals surface area contributed by atoms with Gasteiger partial charge in [-0.05, 0) is 31.0 Å². The molecule has 1 saturated heterocycles. The van der Waals surface area contributed by atoms with E-state index in [1.54, 1.807) is 12.0 Å². The number of nitrogens with zero attached hydrogens (tertiary/aromatic N) is 1. The number of likely N-dealkylation sites (tertiary alicyclic amines) is 1. The van der Waals surface area contributed by atoms with E-state index in [0.29, 0.717) is 13.0 Å². The van der Waals surface area contributed by atoms with E-state index in [0.717, 1.165) is 36.4 Å². The second-order valence-corrected chi connectivity index (χ2v) is 7.72. The first-order valence-electron chi connectivity index (χ1n) is 9.56. The zero-order valence-corrected chi connectivity index (χ0v) is 18.9. The molecular weight excluding hydrogens is 384 g/mol. The number of rotatable bonds is 4. The molecule has 170 valence electrons. The molecule has 1 aromatic rings. The summed E-state index contributed by atoms with van der Waals surface area (Å²) in [6.07, 6.45) is 6.28. The lowest BCUT2D eigenvalue weighted by molar-refractivity contribution is -0.132. The third-order valence-corrected chi connectivity index (χ3v) is 4.02. The van der Waals surface area contributed by atoms with Crippen molar-refractivity contribution in [3.8, 4) is 18.1 Å². The molecule has 0 spiro atoms. The summed E-state index contributed by atoms with van der Waals surface area (Å²) in [6.45, 7) is 10.2. The number of hydrogen-bond donors (Lipinski definition) is 4. The number of hydrazine groups is 1. The number of aliphatic hydroxyl groups excluding tert-OH is 1. The Hall–Kier alpha value is -2.44. The summed E-state index contributed by atoms with van der Waals surface area (Å²) in [7, 11) is 3.54. The van der Waals surface area contributed by atoms with Gasteiger partial charge in [0.05, 0.1) is 13.2 Å². The first-order valence-corrected chi connectivity index (χ1v) is 9.56. The molecule has 0 aromatic heterocycles. The van der Waals surface area contributed by atoms with Gasteiger partial charge in [-0.1, -0.05) is 32.8 Å². The summed E-state index contributed by atoms with van der Waals surface area (Å²) in [5.74, 6) is 11.6. The van der Waals surface area contributed by atoms with Crippen LogP contribution in [0.5, 0.6) is 5.75 Å². The maximum Gasteiger partial charge on any atom is 0.223 e. The minimum Gasteiger partial charge on any atom is -0.496 e. The summed E-state index contributed by atoms with van der Waals surface area (Å²) < 4.78 is 5.20. The monoisotopic (exact) mass is 422 g/mol. The Kier molecular flexibility index (Phi) is 16.2. The minimum atomic E-state index is -0.302. The first kappa shape index (κ1) is 29.8. The molecule has 1 aliphatic rings. The minimum absolute atomic E-state index is 0.0463. The second-order valence-electron chi connectivity index (χ2n) is 7.72. The fourth-order valence-corrected chi connectivity index (χ4v) is 2.70. The Morgan fingerprint density at radius 1 is 1.40 bits per heavy atom. The molecule has 2 rings (SSSR count). The van der Waals surface area contributed by atoms with Gasteiger partial charge in [-0.15, -0.1) is 6.42 Å². The van der Waals surface area contributed by atoms with Crippen LogP contribution in [0.25, 0.3) is 0 Å². The highest BCUT2D eigenvalue weighted by Gasteiger charge is 2.27. The zero-order valence-electron chi connectivity index (χ0n) is 18.9. The van der Waals surface area contributed by atoms with Gasteiger partial charge in [0.25, 0.3) is 0 Å². The number of methoxy groups -OCH3 is 1. The molecule has 1 aromatic carbocycles. The predicted molar refractivity (Wildman–Crippen MR) is 120 cm³/mol. The zero-order chi connectivity index (χ0) is 23.7. The van der Waals surface area contributed by atoms with Crippen molar-refractivity contribution in [1.29, 1.82) is 0 Å². The number of nitrogens with one attached hydrogen (secondary N) is 1. The average Bonchev–Trinajstić information content (AvgIpc) is 3.17. The molecular formula is C22H38N4O4. The second kappa shape index (κ2) is 16.4. The average molecular weight is 423 g/mol. The number of carbonyl (C=O) groups is 2. The third-order valence-electron chi connectivity index (χ3n) is 4.02. The van der Waals surface area contributed by atoms with Crippen LogP contribution < -0.4 is 21.7 Å². The number of aliphatic hydroxyl groups is 1. The van der Waals surface area contributed by atoms with Crippen LogP contribution in [0.15, 0.2) is 18.2 Å². The normalized spacial score (nSPS) is 14.6. The molecule has 8 heteroatoms. The predicted octanol–water partition coefficient (Wildman–Crippen LogP) is 1.05. The van der Waals surface area contributed by atoms with Crippen LogP contribution in [0, 0.1) is 17.8 Å². The highest BCUT2D eigenvalue weighted by molar-refractivity contribution is 5.77. The number of benzene rings is 1. The molecule has 1 fully saturated rings. The lowest BCUT2D eigenvalue weighted by Crippen LogP contribution is -2.32. The van der Waals surface area contributed by atoms with Gasteiger partial charge in [-0.2, -0.15) is 0 Å². The van der Waals surface area contributed by atoms with E-state index in [2.05, 4.69) is 43.7 Å². The smallest absolute Gasteiger partial charge is 0.223 e. The molecule has 1 unspecified atom stereocenters. The van der Waals surface area contributed by atoms with Gasteiger partial charge in [-0.3, -0.25) is 16.5 Å². The van der Waals surface area contributed by atoms with Crippen molar-refractivity contribution >= 4 is 12.7 Å². The number of amides is 1. The van der Waals surface area contributed by atoms with Crippen LogP contribution in [0.1, 0.15) is 44.7 Å². The van der Waals surface area contributed by atoms with Gasteiger partial charge in [0.2, 0.25) is 5.91 Å². The molecule has 0 saturated carbocycles. The van der Waals surface area contributed by atoms with Crippen LogP contribution in [0.2, 0.25) is 0 Å². The van der Waals surface area contributed by atoms with Crippen molar-refractivity contribution in [2.24, 2.45) is 17.1 Å². The summed E-state index contributed by atoms with van der Waals surface area (Å²) in [5.41, 5.74) is 2.01. The molecule has 30 heavy (non-hydrogen) atoms. The highest BCUT2D eigenvalue weighted by atomic mass is 16.5. The lowest BCUT2D eigenvalue weighted by Gasteiger charge is -2.22. The number of hydrogen-bond acceptors (Lipinski definition) is 7. The van der Waals surface area contributed by atoms with Crippen LogP contribution in [0.4, 0.5) is 0 Å². The van der Waals surface area contributed by atoms with E-state index in [1.807, 2.05) is 32.0 Å². The van der Waals surface area contributed by atoms with Crippen molar-refractivity contribution in [3.05, 3.63) is 29.3 Å². The molecule has 1 amide bonds. The Labute approximate surface area is 180 Å². The molecule has 8 nitrogen and oxygen atoms in total. The van der Waals surface area contributed by atoms with Crippen molar-refractivity contribution in [2.75, 3.05) is 27.2 Å². The summed E-state index contributed by atoms with van der Waals surface area (Å²) in [5, 5.41) is 12.3.